The van der Waals surface area contributed by atoms with E-state index in [0.29, 0.717) is 11.1 Å². The topological polar surface area (TPSA) is 39.4 Å². The number of hydrogen-bond acceptors (Lipinski definition) is 3. The molecule has 0 saturated carbocycles. The van der Waals surface area contributed by atoms with Crippen LogP contribution >= 0.6 is 0 Å². The molecule has 0 amide bonds. The van der Waals surface area contributed by atoms with Crippen LogP contribution in [0.4, 0.5) is 0 Å². The molecule has 1 heterocycles. The van der Waals surface area contributed by atoms with E-state index < -0.39 is 8.32 Å². The van der Waals surface area contributed by atoms with Gasteiger partial charge in [-0.2, -0.15) is 0 Å². The standard InChI is InChI=1S/C16H22O3Si/c1-11-7-13-14(18-11)8-12(10-17)9-15(13)19-20(5,6)16(2,3)4/h7-10H,1-6H3. The zero-order valence-electron chi connectivity index (χ0n) is 13.0. The maximum absolute atomic E-state index is 11.1. The number of benzene rings is 1. The van der Waals surface area contributed by atoms with Gasteiger partial charge in [0.2, 0.25) is 0 Å². The quantitative estimate of drug-likeness (QED) is 0.594. The van der Waals surface area contributed by atoms with Crippen molar-refractivity contribution in [2.75, 3.05) is 0 Å². The Kier molecular flexibility index (Phi) is 3.54. The third-order valence-electron chi connectivity index (χ3n) is 4.05. The Bertz CT molecular complexity index is 648. The molecule has 0 unspecified atom stereocenters. The van der Waals surface area contributed by atoms with Crippen LogP contribution in [0.15, 0.2) is 22.6 Å². The second kappa shape index (κ2) is 4.77. The van der Waals surface area contributed by atoms with E-state index in [1.165, 1.54) is 0 Å². The van der Waals surface area contributed by atoms with E-state index in [9.17, 15) is 4.79 Å². The van der Waals surface area contributed by atoms with Crippen molar-refractivity contribution in [1.29, 1.82) is 0 Å². The smallest absolute Gasteiger partial charge is 0.250 e. The first-order valence-corrected chi connectivity index (χ1v) is 9.73. The summed E-state index contributed by atoms with van der Waals surface area (Å²) in [5.41, 5.74) is 1.29. The molecule has 0 bridgehead atoms. The van der Waals surface area contributed by atoms with Crippen LogP contribution in [-0.4, -0.2) is 14.6 Å². The van der Waals surface area contributed by atoms with Crippen LogP contribution in [0.3, 0.4) is 0 Å². The lowest BCUT2D eigenvalue weighted by Gasteiger charge is -2.36. The van der Waals surface area contributed by atoms with E-state index in [2.05, 4.69) is 33.9 Å². The number of carbonyl (C=O) groups is 1. The molecule has 1 aromatic heterocycles. The van der Waals surface area contributed by atoms with E-state index in [0.717, 1.165) is 23.2 Å². The van der Waals surface area contributed by atoms with Crippen molar-refractivity contribution in [3.8, 4) is 5.75 Å². The van der Waals surface area contributed by atoms with Gasteiger partial charge in [-0.25, -0.2) is 0 Å². The van der Waals surface area contributed by atoms with Crippen molar-refractivity contribution < 1.29 is 13.6 Å². The van der Waals surface area contributed by atoms with Crippen molar-refractivity contribution >= 4 is 25.6 Å². The fraction of sp³-hybridized carbons (Fsp3) is 0.438. The molecule has 0 fully saturated rings. The summed E-state index contributed by atoms with van der Waals surface area (Å²) in [6.45, 7) is 12.9. The lowest BCUT2D eigenvalue weighted by molar-refractivity contribution is 0.112. The molecule has 0 spiro atoms. The molecule has 0 atom stereocenters. The molecule has 0 radical (unpaired) electrons. The number of aryl methyl sites for hydroxylation is 1. The maximum atomic E-state index is 11.1. The maximum Gasteiger partial charge on any atom is 0.250 e. The van der Waals surface area contributed by atoms with E-state index in [1.807, 2.05) is 19.1 Å². The normalized spacial score (nSPS) is 12.7. The SMILES string of the molecule is Cc1cc2c(O[Si](C)(C)C(C)(C)C)cc(C=O)cc2o1. The molecule has 3 nitrogen and oxygen atoms in total. The summed E-state index contributed by atoms with van der Waals surface area (Å²) < 4.78 is 12.0. The Labute approximate surface area is 121 Å². The monoisotopic (exact) mass is 290 g/mol. The summed E-state index contributed by atoms with van der Waals surface area (Å²) >= 11 is 0. The van der Waals surface area contributed by atoms with Gasteiger partial charge >= 0.3 is 0 Å². The van der Waals surface area contributed by atoms with Crippen molar-refractivity contribution in [2.45, 2.75) is 45.8 Å². The van der Waals surface area contributed by atoms with Crippen LogP contribution in [0.2, 0.25) is 18.1 Å². The number of carbonyl (C=O) groups excluding carboxylic acids is 1. The predicted molar refractivity (Wildman–Crippen MR) is 84.2 cm³/mol. The first-order valence-electron chi connectivity index (χ1n) is 6.82. The fourth-order valence-corrected chi connectivity index (χ4v) is 2.86. The van der Waals surface area contributed by atoms with Crippen molar-refractivity contribution in [3.05, 3.63) is 29.5 Å². The Balaban J connectivity index is 2.55. The Morgan fingerprint density at radius 2 is 1.85 bits per heavy atom. The summed E-state index contributed by atoms with van der Waals surface area (Å²) in [5.74, 6) is 1.58. The molecule has 20 heavy (non-hydrogen) atoms. The van der Waals surface area contributed by atoms with E-state index in [-0.39, 0.29) is 5.04 Å². The van der Waals surface area contributed by atoms with Gasteiger partial charge in [0.1, 0.15) is 23.4 Å². The van der Waals surface area contributed by atoms with Gasteiger partial charge in [0.15, 0.2) is 0 Å². The summed E-state index contributed by atoms with van der Waals surface area (Å²) in [5, 5.41) is 1.05. The molecule has 0 aliphatic carbocycles. The van der Waals surface area contributed by atoms with Crippen LogP contribution < -0.4 is 4.43 Å². The van der Waals surface area contributed by atoms with Gasteiger partial charge in [-0.3, -0.25) is 4.79 Å². The van der Waals surface area contributed by atoms with Gasteiger partial charge < -0.3 is 8.84 Å². The van der Waals surface area contributed by atoms with Crippen molar-refractivity contribution in [3.63, 3.8) is 0 Å². The summed E-state index contributed by atoms with van der Waals surface area (Å²) in [6.07, 6.45) is 0.829. The average molecular weight is 290 g/mol. The van der Waals surface area contributed by atoms with Gasteiger partial charge in [0.25, 0.3) is 8.32 Å². The van der Waals surface area contributed by atoms with Crippen LogP contribution in [-0.2, 0) is 0 Å². The lowest BCUT2D eigenvalue weighted by atomic mass is 10.1. The Hall–Kier alpha value is -1.55. The molecule has 0 N–H and O–H groups in total. The van der Waals surface area contributed by atoms with E-state index in [1.54, 1.807) is 6.07 Å². The third-order valence-corrected chi connectivity index (χ3v) is 8.39. The van der Waals surface area contributed by atoms with Crippen LogP contribution in [0.25, 0.3) is 11.0 Å². The molecule has 1 aromatic carbocycles. The second-order valence-electron chi connectivity index (χ2n) is 6.77. The molecular weight excluding hydrogens is 268 g/mol. The van der Waals surface area contributed by atoms with Crippen molar-refractivity contribution in [2.24, 2.45) is 0 Å². The molecule has 4 heteroatoms. The number of furan rings is 1. The molecule has 0 saturated heterocycles. The second-order valence-corrected chi connectivity index (χ2v) is 11.5. The zero-order chi connectivity index (χ0) is 15.1. The number of rotatable bonds is 3. The molecule has 2 aromatic rings. The number of hydrogen-bond donors (Lipinski definition) is 0. The molecule has 108 valence electrons. The minimum Gasteiger partial charge on any atom is -0.543 e. The van der Waals surface area contributed by atoms with Gasteiger partial charge in [-0.05, 0) is 43.3 Å². The minimum atomic E-state index is -1.95. The Morgan fingerprint density at radius 1 is 1.20 bits per heavy atom. The third kappa shape index (κ3) is 2.65. The summed E-state index contributed by atoms with van der Waals surface area (Å²) in [4.78, 5) is 11.1. The first-order chi connectivity index (χ1) is 9.14. The highest BCUT2D eigenvalue weighted by Gasteiger charge is 2.39. The number of aldehydes is 1. The highest BCUT2D eigenvalue weighted by molar-refractivity contribution is 6.74. The lowest BCUT2D eigenvalue weighted by Crippen LogP contribution is -2.43. The van der Waals surface area contributed by atoms with E-state index >= 15 is 0 Å². The average Bonchev–Trinajstić information content (AvgIpc) is 2.67. The highest BCUT2D eigenvalue weighted by atomic mass is 28.4. The molecular formula is C16H22O3Si. The van der Waals surface area contributed by atoms with Gasteiger partial charge in [-0.15, -0.1) is 0 Å². The summed E-state index contributed by atoms with van der Waals surface area (Å²) in [6, 6.07) is 5.53. The van der Waals surface area contributed by atoms with Crippen LogP contribution in [0.1, 0.15) is 36.9 Å². The highest BCUT2D eigenvalue weighted by Crippen LogP contribution is 2.40. The first kappa shape index (κ1) is 14.8. The Morgan fingerprint density at radius 3 is 2.40 bits per heavy atom. The van der Waals surface area contributed by atoms with Gasteiger partial charge in [-0.1, -0.05) is 20.8 Å². The molecule has 0 aliphatic rings. The minimum absolute atomic E-state index is 0.106. The van der Waals surface area contributed by atoms with Gasteiger partial charge in [0, 0.05) is 5.56 Å². The summed E-state index contributed by atoms with van der Waals surface area (Å²) in [7, 11) is -1.95. The van der Waals surface area contributed by atoms with Gasteiger partial charge in [0.05, 0.1) is 5.39 Å². The predicted octanol–water partition coefficient (Wildman–Crippen LogP) is 4.94. The van der Waals surface area contributed by atoms with Crippen LogP contribution in [0, 0.1) is 6.92 Å². The van der Waals surface area contributed by atoms with Crippen LogP contribution in [0.5, 0.6) is 5.75 Å². The molecule has 2 rings (SSSR count). The fourth-order valence-electron chi connectivity index (χ4n) is 1.83. The number of fused-ring (bicyclic) bond motifs is 1. The van der Waals surface area contributed by atoms with E-state index in [4.69, 9.17) is 8.84 Å². The molecule has 0 aliphatic heterocycles. The largest absolute Gasteiger partial charge is 0.543 e. The zero-order valence-corrected chi connectivity index (χ0v) is 14.0. The van der Waals surface area contributed by atoms with Crippen molar-refractivity contribution in [1.82, 2.24) is 0 Å².